The van der Waals surface area contributed by atoms with Crippen molar-refractivity contribution in [3.63, 3.8) is 0 Å². The molecule has 0 aromatic rings. The van der Waals surface area contributed by atoms with Crippen LogP contribution in [0.1, 0.15) is 19.8 Å². The third-order valence-electron chi connectivity index (χ3n) is 2.79. The Bertz CT molecular complexity index is 141. The molecule has 0 aromatic carbocycles. The molecule has 3 nitrogen and oxygen atoms in total. The molecule has 1 saturated heterocycles. The summed E-state index contributed by atoms with van der Waals surface area (Å²) < 4.78 is 5.32. The monoisotopic (exact) mass is 186 g/mol. The van der Waals surface area contributed by atoms with Crippen molar-refractivity contribution in [2.75, 3.05) is 33.3 Å². The molecule has 1 heterocycles. The highest BCUT2D eigenvalue weighted by Gasteiger charge is 2.22. The van der Waals surface area contributed by atoms with E-state index in [1.54, 1.807) is 7.11 Å². The molecule has 0 saturated carbocycles. The molecule has 1 fully saturated rings. The lowest BCUT2D eigenvalue weighted by Gasteiger charge is -2.19. The van der Waals surface area contributed by atoms with Crippen LogP contribution in [0.15, 0.2) is 0 Å². The van der Waals surface area contributed by atoms with Gasteiger partial charge in [0.2, 0.25) is 0 Å². The predicted molar refractivity (Wildman–Crippen MR) is 54.7 cm³/mol. The molecular formula is C10H22N2O. The average molecular weight is 186 g/mol. The van der Waals surface area contributed by atoms with E-state index >= 15 is 0 Å². The lowest BCUT2D eigenvalue weighted by atomic mass is 10.1. The molecule has 0 radical (unpaired) electrons. The molecule has 1 aliphatic heterocycles. The number of rotatable bonds is 5. The van der Waals surface area contributed by atoms with Crippen LogP contribution >= 0.6 is 0 Å². The first-order chi connectivity index (χ1) is 6.26. The molecule has 0 bridgehead atoms. The summed E-state index contributed by atoms with van der Waals surface area (Å²) in [5, 5.41) is 0. The Hall–Kier alpha value is -0.120. The molecule has 3 heteroatoms. The highest BCUT2D eigenvalue weighted by molar-refractivity contribution is 4.76. The first kappa shape index (κ1) is 11.0. The van der Waals surface area contributed by atoms with Crippen LogP contribution in [0.5, 0.6) is 0 Å². The van der Waals surface area contributed by atoms with E-state index in [1.807, 2.05) is 0 Å². The van der Waals surface area contributed by atoms with E-state index in [0.717, 1.165) is 25.4 Å². The van der Waals surface area contributed by atoms with Crippen LogP contribution in [0.2, 0.25) is 0 Å². The third-order valence-corrected chi connectivity index (χ3v) is 2.79. The minimum Gasteiger partial charge on any atom is -0.380 e. The summed E-state index contributed by atoms with van der Waals surface area (Å²) in [6, 6.07) is 0. The molecule has 2 atom stereocenters. The topological polar surface area (TPSA) is 38.5 Å². The van der Waals surface area contributed by atoms with Gasteiger partial charge in [-0.05, 0) is 25.3 Å². The van der Waals surface area contributed by atoms with E-state index < -0.39 is 0 Å². The summed E-state index contributed by atoms with van der Waals surface area (Å²) in [6.45, 7) is 6.55. The lowest BCUT2D eigenvalue weighted by Crippen LogP contribution is -2.28. The van der Waals surface area contributed by atoms with Gasteiger partial charge in [-0.25, -0.2) is 0 Å². The minimum atomic E-state index is 0.463. The van der Waals surface area contributed by atoms with Crippen LogP contribution in [0, 0.1) is 5.92 Å². The maximum absolute atomic E-state index is 5.51. The summed E-state index contributed by atoms with van der Waals surface area (Å²) >= 11 is 0. The van der Waals surface area contributed by atoms with Crippen LogP contribution in [0.4, 0.5) is 0 Å². The number of ether oxygens (including phenoxy) is 1. The standard InChI is InChI=1S/C10H22N2O/c1-9(3-5-11)7-12-6-4-10(8-12)13-2/h9-10H,3-8,11H2,1-2H3. The molecule has 1 rings (SSSR count). The van der Waals surface area contributed by atoms with Gasteiger partial charge < -0.3 is 15.4 Å². The SMILES string of the molecule is COC1CCN(CC(C)CCN)C1. The Morgan fingerprint density at radius 1 is 1.62 bits per heavy atom. The Morgan fingerprint density at radius 3 is 2.92 bits per heavy atom. The summed E-state index contributed by atoms with van der Waals surface area (Å²) in [7, 11) is 1.80. The van der Waals surface area contributed by atoms with Crippen molar-refractivity contribution in [1.82, 2.24) is 4.90 Å². The number of methoxy groups -OCH3 is 1. The zero-order valence-electron chi connectivity index (χ0n) is 8.83. The highest BCUT2D eigenvalue weighted by Crippen LogP contribution is 2.14. The fourth-order valence-electron chi connectivity index (χ4n) is 1.97. The second kappa shape index (κ2) is 5.58. The van der Waals surface area contributed by atoms with Crippen LogP contribution in [-0.4, -0.2) is 44.3 Å². The van der Waals surface area contributed by atoms with Gasteiger partial charge in [0, 0.05) is 26.7 Å². The Balaban J connectivity index is 2.16. The summed E-state index contributed by atoms with van der Waals surface area (Å²) in [5.74, 6) is 0.723. The Kier molecular flexibility index (Phi) is 4.70. The van der Waals surface area contributed by atoms with Crippen LogP contribution < -0.4 is 5.73 Å². The van der Waals surface area contributed by atoms with Gasteiger partial charge in [-0.1, -0.05) is 6.92 Å². The van der Waals surface area contributed by atoms with E-state index in [0.29, 0.717) is 6.10 Å². The van der Waals surface area contributed by atoms with Gasteiger partial charge in [-0.2, -0.15) is 0 Å². The largest absolute Gasteiger partial charge is 0.380 e. The van der Waals surface area contributed by atoms with Crippen molar-refractivity contribution in [3.8, 4) is 0 Å². The summed E-state index contributed by atoms with van der Waals surface area (Å²) in [6.07, 6.45) is 2.78. The first-order valence-electron chi connectivity index (χ1n) is 5.21. The lowest BCUT2D eigenvalue weighted by molar-refractivity contribution is 0.106. The normalized spacial score (nSPS) is 26.5. The maximum atomic E-state index is 5.51. The average Bonchev–Trinajstić information content (AvgIpc) is 2.52. The molecule has 2 unspecified atom stereocenters. The first-order valence-corrected chi connectivity index (χ1v) is 5.21. The fourth-order valence-corrected chi connectivity index (χ4v) is 1.97. The molecule has 0 spiro atoms. The van der Waals surface area contributed by atoms with Crippen LogP contribution in [0.25, 0.3) is 0 Å². The molecule has 2 N–H and O–H groups in total. The second-order valence-electron chi connectivity index (χ2n) is 4.09. The number of likely N-dealkylation sites (tertiary alicyclic amines) is 1. The zero-order valence-corrected chi connectivity index (χ0v) is 8.83. The number of hydrogen-bond acceptors (Lipinski definition) is 3. The van der Waals surface area contributed by atoms with Crippen molar-refractivity contribution in [1.29, 1.82) is 0 Å². The van der Waals surface area contributed by atoms with Gasteiger partial charge in [0.1, 0.15) is 0 Å². The quantitative estimate of drug-likeness (QED) is 0.686. The van der Waals surface area contributed by atoms with Crippen molar-refractivity contribution >= 4 is 0 Å². The van der Waals surface area contributed by atoms with Gasteiger partial charge in [0.15, 0.2) is 0 Å². The van der Waals surface area contributed by atoms with Crippen molar-refractivity contribution in [2.24, 2.45) is 11.7 Å². The smallest absolute Gasteiger partial charge is 0.0710 e. The summed E-state index contributed by atoms with van der Waals surface area (Å²) in [4.78, 5) is 2.48. The number of hydrogen-bond donors (Lipinski definition) is 1. The van der Waals surface area contributed by atoms with E-state index in [9.17, 15) is 0 Å². The number of nitrogens with two attached hydrogens (primary N) is 1. The molecular weight excluding hydrogens is 164 g/mol. The Labute approximate surface area is 81.2 Å². The molecule has 0 aliphatic carbocycles. The van der Waals surface area contributed by atoms with Gasteiger partial charge in [0.05, 0.1) is 6.10 Å². The molecule has 78 valence electrons. The van der Waals surface area contributed by atoms with Crippen molar-refractivity contribution in [2.45, 2.75) is 25.9 Å². The van der Waals surface area contributed by atoms with Gasteiger partial charge in [-0.3, -0.25) is 0 Å². The van der Waals surface area contributed by atoms with E-state index in [-0.39, 0.29) is 0 Å². The van der Waals surface area contributed by atoms with E-state index in [1.165, 1.54) is 19.5 Å². The minimum absolute atomic E-state index is 0.463. The summed E-state index contributed by atoms with van der Waals surface area (Å²) in [5.41, 5.74) is 5.51. The van der Waals surface area contributed by atoms with Crippen LogP contribution in [-0.2, 0) is 4.74 Å². The van der Waals surface area contributed by atoms with Gasteiger partial charge in [0.25, 0.3) is 0 Å². The van der Waals surface area contributed by atoms with Gasteiger partial charge in [-0.15, -0.1) is 0 Å². The predicted octanol–water partition coefficient (Wildman–Crippen LogP) is 0.692. The molecule has 0 aromatic heterocycles. The van der Waals surface area contributed by atoms with Gasteiger partial charge >= 0.3 is 0 Å². The molecule has 13 heavy (non-hydrogen) atoms. The van der Waals surface area contributed by atoms with Crippen molar-refractivity contribution in [3.05, 3.63) is 0 Å². The fraction of sp³-hybridized carbons (Fsp3) is 1.00. The van der Waals surface area contributed by atoms with Crippen LogP contribution in [0.3, 0.4) is 0 Å². The van der Waals surface area contributed by atoms with Crippen molar-refractivity contribution < 1.29 is 4.74 Å². The molecule has 1 aliphatic rings. The zero-order chi connectivity index (χ0) is 9.68. The third kappa shape index (κ3) is 3.63. The number of nitrogens with zero attached hydrogens (tertiary/aromatic N) is 1. The maximum Gasteiger partial charge on any atom is 0.0710 e. The molecule has 0 amide bonds. The van der Waals surface area contributed by atoms with E-state index in [2.05, 4.69) is 11.8 Å². The highest BCUT2D eigenvalue weighted by atomic mass is 16.5. The second-order valence-corrected chi connectivity index (χ2v) is 4.09. The van der Waals surface area contributed by atoms with E-state index in [4.69, 9.17) is 10.5 Å². The Morgan fingerprint density at radius 2 is 2.38 bits per heavy atom.